The largest absolute Gasteiger partial charge is 0.378 e. The maximum absolute atomic E-state index is 11.5. The second-order valence-electron chi connectivity index (χ2n) is 5.86. The molecule has 5 heteroatoms. The van der Waals surface area contributed by atoms with Gasteiger partial charge < -0.3 is 10.1 Å². The monoisotopic (exact) mass is 275 g/mol. The van der Waals surface area contributed by atoms with Gasteiger partial charge in [0.05, 0.1) is 17.6 Å². The number of ether oxygens (including phenoxy) is 1. The molecule has 18 heavy (non-hydrogen) atoms. The van der Waals surface area contributed by atoms with Gasteiger partial charge in [0.25, 0.3) is 0 Å². The van der Waals surface area contributed by atoms with Gasteiger partial charge in [0.15, 0.2) is 9.84 Å². The molecule has 1 saturated heterocycles. The zero-order valence-electron chi connectivity index (χ0n) is 11.6. The SMILES string of the molecule is CCOC1CC(NC2CCS(=O)(=O)C2)C1(C)CC. The summed E-state index contributed by atoms with van der Waals surface area (Å²) >= 11 is 0. The third-order valence-electron chi connectivity index (χ3n) is 4.78. The Hall–Kier alpha value is -0.130. The first-order chi connectivity index (χ1) is 8.41. The fraction of sp³-hybridized carbons (Fsp3) is 1.00. The van der Waals surface area contributed by atoms with Crippen molar-refractivity contribution in [2.45, 2.75) is 58.2 Å². The van der Waals surface area contributed by atoms with Crippen LogP contribution in [-0.2, 0) is 14.6 Å². The molecule has 2 fully saturated rings. The minimum atomic E-state index is -2.79. The lowest BCUT2D eigenvalue weighted by Gasteiger charge is -2.54. The fourth-order valence-electron chi connectivity index (χ4n) is 3.22. The summed E-state index contributed by atoms with van der Waals surface area (Å²) in [4.78, 5) is 0. The highest BCUT2D eigenvalue weighted by Crippen LogP contribution is 2.46. The lowest BCUT2D eigenvalue weighted by Crippen LogP contribution is -2.64. The topological polar surface area (TPSA) is 55.4 Å². The van der Waals surface area contributed by atoms with Crippen molar-refractivity contribution in [3.63, 3.8) is 0 Å². The van der Waals surface area contributed by atoms with Gasteiger partial charge in [-0.2, -0.15) is 0 Å². The van der Waals surface area contributed by atoms with Crippen LogP contribution < -0.4 is 5.32 Å². The fourth-order valence-corrected chi connectivity index (χ4v) is 4.91. The van der Waals surface area contributed by atoms with Crippen LogP contribution in [0.2, 0.25) is 0 Å². The van der Waals surface area contributed by atoms with Crippen LogP contribution in [0.3, 0.4) is 0 Å². The molecule has 2 rings (SSSR count). The van der Waals surface area contributed by atoms with E-state index in [1.165, 1.54) is 0 Å². The van der Waals surface area contributed by atoms with Crippen molar-refractivity contribution in [3.05, 3.63) is 0 Å². The average molecular weight is 275 g/mol. The van der Waals surface area contributed by atoms with Gasteiger partial charge in [-0.15, -0.1) is 0 Å². The Balaban J connectivity index is 1.92. The van der Waals surface area contributed by atoms with E-state index in [2.05, 4.69) is 19.2 Å². The summed E-state index contributed by atoms with van der Waals surface area (Å²) in [6.07, 6.45) is 3.16. The van der Waals surface area contributed by atoms with Crippen LogP contribution in [-0.4, -0.2) is 44.7 Å². The second kappa shape index (κ2) is 5.10. The molecule has 0 aromatic rings. The highest BCUT2D eigenvalue weighted by Gasteiger charge is 2.51. The summed E-state index contributed by atoms with van der Waals surface area (Å²) in [5.41, 5.74) is 0.155. The van der Waals surface area contributed by atoms with Gasteiger partial charge in [-0.1, -0.05) is 13.8 Å². The maximum Gasteiger partial charge on any atom is 0.151 e. The molecule has 0 aromatic heterocycles. The quantitative estimate of drug-likeness (QED) is 0.823. The van der Waals surface area contributed by atoms with Gasteiger partial charge in [-0.25, -0.2) is 8.42 Å². The molecule has 1 N–H and O–H groups in total. The highest BCUT2D eigenvalue weighted by molar-refractivity contribution is 7.91. The lowest BCUT2D eigenvalue weighted by atomic mass is 9.61. The zero-order chi connectivity index (χ0) is 13.4. The van der Waals surface area contributed by atoms with Crippen molar-refractivity contribution in [2.24, 2.45) is 5.41 Å². The lowest BCUT2D eigenvalue weighted by molar-refractivity contribution is -0.127. The van der Waals surface area contributed by atoms with Crippen molar-refractivity contribution in [1.29, 1.82) is 0 Å². The zero-order valence-corrected chi connectivity index (χ0v) is 12.4. The molecular formula is C13H25NO3S. The maximum atomic E-state index is 11.5. The molecule has 1 aliphatic heterocycles. The number of sulfone groups is 1. The molecule has 1 heterocycles. The molecule has 4 nitrogen and oxygen atoms in total. The molecule has 0 radical (unpaired) electrons. The Labute approximate surface area is 110 Å². The molecule has 0 spiro atoms. The van der Waals surface area contributed by atoms with E-state index in [-0.39, 0.29) is 11.5 Å². The summed E-state index contributed by atoms with van der Waals surface area (Å²) in [6, 6.07) is 0.547. The molecule has 4 unspecified atom stereocenters. The van der Waals surface area contributed by atoms with Crippen molar-refractivity contribution in [2.75, 3.05) is 18.1 Å². The van der Waals surface area contributed by atoms with Crippen molar-refractivity contribution in [1.82, 2.24) is 5.32 Å². The van der Waals surface area contributed by atoms with Gasteiger partial charge in [-0.3, -0.25) is 0 Å². The van der Waals surface area contributed by atoms with Gasteiger partial charge in [0, 0.05) is 24.1 Å². The predicted octanol–water partition coefficient (Wildman–Crippen LogP) is 1.36. The minimum absolute atomic E-state index is 0.147. The summed E-state index contributed by atoms with van der Waals surface area (Å²) < 4.78 is 28.7. The Morgan fingerprint density at radius 1 is 1.39 bits per heavy atom. The first-order valence-electron chi connectivity index (χ1n) is 6.99. The Morgan fingerprint density at radius 3 is 2.61 bits per heavy atom. The van der Waals surface area contributed by atoms with Crippen LogP contribution in [0, 0.1) is 5.41 Å². The second-order valence-corrected chi connectivity index (χ2v) is 8.09. The smallest absolute Gasteiger partial charge is 0.151 e. The van der Waals surface area contributed by atoms with E-state index in [0.29, 0.717) is 23.7 Å². The third kappa shape index (κ3) is 2.58. The van der Waals surface area contributed by atoms with Crippen LogP contribution in [0.25, 0.3) is 0 Å². The van der Waals surface area contributed by atoms with E-state index in [1.54, 1.807) is 0 Å². The Morgan fingerprint density at radius 2 is 2.11 bits per heavy atom. The summed E-state index contributed by atoms with van der Waals surface area (Å²) in [5.74, 6) is 0.651. The van der Waals surface area contributed by atoms with Crippen LogP contribution in [0.1, 0.15) is 40.0 Å². The minimum Gasteiger partial charge on any atom is -0.378 e. The molecule has 0 aromatic carbocycles. The first kappa shape index (κ1) is 14.3. The van der Waals surface area contributed by atoms with Gasteiger partial charge in [0.2, 0.25) is 0 Å². The average Bonchev–Trinajstić information content (AvgIpc) is 2.66. The molecule has 106 valence electrons. The molecule has 0 amide bonds. The van der Waals surface area contributed by atoms with Gasteiger partial charge in [-0.05, 0) is 26.2 Å². The predicted molar refractivity (Wildman–Crippen MR) is 72.4 cm³/mol. The van der Waals surface area contributed by atoms with Gasteiger partial charge >= 0.3 is 0 Å². The molecular weight excluding hydrogens is 250 g/mol. The van der Waals surface area contributed by atoms with Crippen molar-refractivity contribution < 1.29 is 13.2 Å². The summed E-state index contributed by atoms with van der Waals surface area (Å²) in [7, 11) is -2.79. The van der Waals surface area contributed by atoms with Crippen molar-refractivity contribution >= 4 is 9.84 Å². The molecule has 1 aliphatic carbocycles. The third-order valence-corrected chi connectivity index (χ3v) is 6.55. The first-order valence-corrected chi connectivity index (χ1v) is 8.81. The van der Waals surface area contributed by atoms with Crippen LogP contribution in [0.5, 0.6) is 0 Å². The van der Waals surface area contributed by atoms with Crippen LogP contribution in [0.4, 0.5) is 0 Å². The van der Waals surface area contributed by atoms with E-state index < -0.39 is 9.84 Å². The van der Waals surface area contributed by atoms with E-state index in [4.69, 9.17) is 4.74 Å². The Bertz CT molecular complexity index is 395. The number of rotatable bonds is 5. The molecule has 2 aliphatic rings. The number of hydrogen-bond acceptors (Lipinski definition) is 4. The summed E-state index contributed by atoms with van der Waals surface area (Å²) in [5, 5.41) is 3.54. The Kier molecular flexibility index (Phi) is 4.04. The molecule has 1 saturated carbocycles. The molecule has 4 atom stereocenters. The van der Waals surface area contributed by atoms with Crippen LogP contribution in [0.15, 0.2) is 0 Å². The van der Waals surface area contributed by atoms with E-state index in [0.717, 1.165) is 25.9 Å². The standard InChI is InChI=1S/C13H25NO3S/c1-4-13(3)11(8-12(13)17-5-2)14-10-6-7-18(15,16)9-10/h10-12,14H,4-9H2,1-3H3. The van der Waals surface area contributed by atoms with Gasteiger partial charge in [0.1, 0.15) is 0 Å². The van der Waals surface area contributed by atoms with E-state index in [1.807, 2.05) is 6.92 Å². The van der Waals surface area contributed by atoms with Crippen LogP contribution >= 0.6 is 0 Å². The molecule has 0 bridgehead atoms. The van der Waals surface area contributed by atoms with Crippen molar-refractivity contribution in [3.8, 4) is 0 Å². The normalized spacial score (nSPS) is 42.7. The summed E-state index contributed by atoms with van der Waals surface area (Å²) in [6.45, 7) is 7.22. The van der Waals surface area contributed by atoms with E-state index >= 15 is 0 Å². The number of nitrogens with one attached hydrogen (secondary N) is 1. The van der Waals surface area contributed by atoms with E-state index in [9.17, 15) is 8.42 Å². The number of hydrogen-bond donors (Lipinski definition) is 1. The highest BCUT2D eigenvalue weighted by atomic mass is 32.2.